The third kappa shape index (κ3) is 2.93. The van der Waals surface area contributed by atoms with Crippen LogP contribution in [0.15, 0.2) is 42.5 Å². The number of benzene rings is 2. The summed E-state index contributed by atoms with van der Waals surface area (Å²) in [5.41, 5.74) is 9.39. The van der Waals surface area contributed by atoms with E-state index in [0.717, 1.165) is 12.0 Å². The number of amides is 1. The smallest absolute Gasteiger partial charge is 0.269 e. The number of nitrogens with zero attached hydrogens (tertiary/aromatic N) is 1. The van der Waals surface area contributed by atoms with Crippen LogP contribution in [0, 0.1) is 12.3 Å². The van der Waals surface area contributed by atoms with Crippen LogP contribution in [0.2, 0.25) is 0 Å². The number of hydrogen-bond donors (Lipinski definition) is 1. The second-order valence-electron chi connectivity index (χ2n) is 5.79. The molecule has 2 N–H and O–H groups in total. The Hall–Kier alpha value is -2.93. The average molecular weight is 320 g/mol. The number of aryl methyl sites for hydroxylation is 1. The Morgan fingerprint density at radius 2 is 2.00 bits per heavy atom. The van der Waals surface area contributed by atoms with Gasteiger partial charge in [-0.05, 0) is 35.7 Å². The molecule has 0 radical (unpaired) electrons. The van der Waals surface area contributed by atoms with Gasteiger partial charge in [-0.2, -0.15) is 0 Å². The Labute approximate surface area is 142 Å². The summed E-state index contributed by atoms with van der Waals surface area (Å²) in [7, 11) is 0. The number of carbonyl (C=O) groups is 1. The molecule has 0 aliphatic carbocycles. The van der Waals surface area contributed by atoms with Crippen LogP contribution in [0.1, 0.15) is 18.1 Å². The van der Waals surface area contributed by atoms with E-state index in [2.05, 4.69) is 18.9 Å². The Morgan fingerprint density at radius 3 is 2.71 bits per heavy atom. The minimum atomic E-state index is -0.581. The van der Waals surface area contributed by atoms with Gasteiger partial charge < -0.3 is 10.5 Å². The molecule has 1 aliphatic rings. The predicted octanol–water partition coefficient (Wildman–Crippen LogP) is 2.80. The van der Waals surface area contributed by atoms with E-state index in [4.69, 9.17) is 16.9 Å². The molecular weight excluding hydrogens is 300 g/mol. The lowest BCUT2D eigenvalue weighted by Crippen LogP contribution is -2.47. The van der Waals surface area contributed by atoms with Crippen molar-refractivity contribution < 1.29 is 9.53 Å². The third-order valence-electron chi connectivity index (χ3n) is 4.24. The maximum atomic E-state index is 12.9. The number of fused-ring (bicyclic) bond motifs is 1. The van der Waals surface area contributed by atoms with Crippen molar-refractivity contribution in [1.82, 2.24) is 0 Å². The van der Waals surface area contributed by atoms with Crippen molar-refractivity contribution in [2.45, 2.75) is 25.9 Å². The zero-order valence-electron chi connectivity index (χ0n) is 13.7. The van der Waals surface area contributed by atoms with Gasteiger partial charge in [-0.15, -0.1) is 6.42 Å². The Bertz CT molecular complexity index is 808. The van der Waals surface area contributed by atoms with Crippen LogP contribution >= 0.6 is 0 Å². The van der Waals surface area contributed by atoms with Crippen LogP contribution in [-0.2, 0) is 17.6 Å². The van der Waals surface area contributed by atoms with Gasteiger partial charge >= 0.3 is 0 Å². The van der Waals surface area contributed by atoms with Crippen molar-refractivity contribution in [2.24, 2.45) is 0 Å². The lowest BCUT2D eigenvalue weighted by atomic mass is 9.98. The van der Waals surface area contributed by atoms with E-state index >= 15 is 0 Å². The average Bonchev–Trinajstić information content (AvgIpc) is 2.59. The van der Waals surface area contributed by atoms with E-state index in [1.54, 1.807) is 23.1 Å². The molecule has 4 nitrogen and oxygen atoms in total. The summed E-state index contributed by atoms with van der Waals surface area (Å²) in [6.45, 7) is 2.30. The summed E-state index contributed by atoms with van der Waals surface area (Å²) in [6.07, 6.45) is 6.30. The lowest BCUT2D eigenvalue weighted by molar-refractivity contribution is -0.126. The van der Waals surface area contributed by atoms with Crippen molar-refractivity contribution in [2.75, 3.05) is 17.2 Å². The van der Waals surface area contributed by atoms with Crippen molar-refractivity contribution in [3.8, 4) is 18.1 Å². The van der Waals surface area contributed by atoms with Gasteiger partial charge in [0.15, 0.2) is 6.10 Å². The van der Waals surface area contributed by atoms with E-state index in [1.807, 2.05) is 18.2 Å². The molecule has 1 atom stereocenters. The van der Waals surface area contributed by atoms with Crippen LogP contribution in [0.25, 0.3) is 0 Å². The van der Waals surface area contributed by atoms with E-state index in [1.165, 1.54) is 5.56 Å². The molecule has 1 aliphatic heterocycles. The van der Waals surface area contributed by atoms with Crippen LogP contribution in [0.4, 0.5) is 11.4 Å². The van der Waals surface area contributed by atoms with Crippen LogP contribution < -0.4 is 15.4 Å². The molecular formula is C20H20N2O2. The molecule has 1 amide bonds. The standard InChI is InChI=1S/C20H20N2O2/c1-3-11-22-17-13-16(21)9-10-18(17)24-19(20(22)23)12-15-8-6-5-7-14(15)4-2/h1,5-10,13,19H,4,11-12,21H2,2H3. The maximum absolute atomic E-state index is 12.9. The number of terminal acetylenes is 1. The van der Waals surface area contributed by atoms with Gasteiger partial charge in [-0.1, -0.05) is 37.1 Å². The van der Waals surface area contributed by atoms with Gasteiger partial charge in [0.05, 0.1) is 12.2 Å². The minimum absolute atomic E-state index is 0.128. The summed E-state index contributed by atoms with van der Waals surface area (Å²) in [5.74, 6) is 3.05. The molecule has 0 bridgehead atoms. The third-order valence-corrected chi connectivity index (χ3v) is 4.24. The molecule has 0 saturated heterocycles. The molecule has 0 fully saturated rings. The highest BCUT2D eigenvalue weighted by molar-refractivity contribution is 6.01. The van der Waals surface area contributed by atoms with Gasteiger partial charge in [-0.25, -0.2) is 0 Å². The number of hydrogen-bond acceptors (Lipinski definition) is 3. The van der Waals surface area contributed by atoms with Gasteiger partial charge in [-0.3, -0.25) is 9.69 Å². The fraction of sp³-hybridized carbons (Fsp3) is 0.250. The first-order chi connectivity index (χ1) is 11.6. The number of rotatable bonds is 4. The fourth-order valence-corrected chi connectivity index (χ4v) is 3.03. The number of anilines is 2. The van der Waals surface area contributed by atoms with Gasteiger partial charge in [0.25, 0.3) is 5.91 Å². The van der Waals surface area contributed by atoms with E-state index < -0.39 is 6.10 Å². The normalized spacial score (nSPS) is 16.2. The molecule has 0 spiro atoms. The molecule has 4 heteroatoms. The summed E-state index contributed by atoms with van der Waals surface area (Å²) in [6, 6.07) is 13.4. The van der Waals surface area contributed by atoms with Crippen LogP contribution in [0.5, 0.6) is 5.75 Å². The van der Waals surface area contributed by atoms with E-state index in [0.29, 0.717) is 23.5 Å². The summed E-state index contributed by atoms with van der Waals surface area (Å²) in [5, 5.41) is 0. The van der Waals surface area contributed by atoms with Gasteiger partial charge in [0.2, 0.25) is 0 Å². The molecule has 2 aromatic rings. The van der Waals surface area contributed by atoms with Crippen molar-refractivity contribution in [3.05, 3.63) is 53.6 Å². The SMILES string of the molecule is C#CCN1C(=O)C(Cc2ccccc2CC)Oc2ccc(N)cc21. The molecule has 1 unspecified atom stereocenters. The fourth-order valence-electron chi connectivity index (χ4n) is 3.03. The lowest BCUT2D eigenvalue weighted by Gasteiger charge is -2.33. The topological polar surface area (TPSA) is 55.6 Å². The molecule has 0 saturated carbocycles. The minimum Gasteiger partial charge on any atom is -0.478 e. The number of ether oxygens (including phenoxy) is 1. The molecule has 3 rings (SSSR count). The highest BCUT2D eigenvalue weighted by atomic mass is 16.5. The van der Waals surface area contributed by atoms with Gasteiger partial charge in [0, 0.05) is 12.1 Å². The molecule has 24 heavy (non-hydrogen) atoms. The molecule has 122 valence electrons. The number of nitrogens with two attached hydrogens (primary N) is 1. The van der Waals surface area contributed by atoms with Crippen molar-refractivity contribution in [1.29, 1.82) is 0 Å². The number of nitrogen functional groups attached to an aromatic ring is 1. The summed E-state index contributed by atoms with van der Waals surface area (Å²) in [4.78, 5) is 14.4. The zero-order chi connectivity index (χ0) is 17.1. The van der Waals surface area contributed by atoms with E-state index in [9.17, 15) is 4.79 Å². The van der Waals surface area contributed by atoms with Crippen LogP contribution in [-0.4, -0.2) is 18.6 Å². The highest BCUT2D eigenvalue weighted by Gasteiger charge is 2.34. The second kappa shape index (κ2) is 6.67. The largest absolute Gasteiger partial charge is 0.478 e. The van der Waals surface area contributed by atoms with Crippen molar-refractivity contribution >= 4 is 17.3 Å². The quantitative estimate of drug-likeness (QED) is 0.696. The molecule has 1 heterocycles. The van der Waals surface area contributed by atoms with Crippen molar-refractivity contribution in [3.63, 3.8) is 0 Å². The second-order valence-corrected chi connectivity index (χ2v) is 5.79. The molecule has 2 aromatic carbocycles. The Kier molecular flexibility index (Phi) is 4.43. The predicted molar refractivity (Wildman–Crippen MR) is 96.0 cm³/mol. The first kappa shape index (κ1) is 15.9. The monoisotopic (exact) mass is 320 g/mol. The van der Waals surface area contributed by atoms with Gasteiger partial charge in [0.1, 0.15) is 5.75 Å². The summed E-state index contributed by atoms with van der Waals surface area (Å²) < 4.78 is 5.96. The first-order valence-electron chi connectivity index (χ1n) is 8.01. The summed E-state index contributed by atoms with van der Waals surface area (Å²) >= 11 is 0. The number of carbonyl (C=O) groups excluding carboxylic acids is 1. The zero-order valence-corrected chi connectivity index (χ0v) is 13.7. The maximum Gasteiger partial charge on any atom is 0.269 e. The molecule has 0 aromatic heterocycles. The first-order valence-corrected chi connectivity index (χ1v) is 8.01. The Balaban J connectivity index is 1.94. The van der Waals surface area contributed by atoms with Crippen LogP contribution in [0.3, 0.4) is 0 Å². The van der Waals surface area contributed by atoms with E-state index in [-0.39, 0.29) is 12.5 Å². The Morgan fingerprint density at radius 1 is 1.25 bits per heavy atom. The highest BCUT2D eigenvalue weighted by Crippen LogP contribution is 2.36.